The van der Waals surface area contributed by atoms with Crippen molar-refractivity contribution >= 4 is 29.1 Å². The monoisotopic (exact) mass is 279 g/mol. The standard InChI is InChI=1S/C14H14ClNOS/c1-17-12-5-2-10(3-6-12)9-18-14-7-4-11(16)8-13(14)15/h2-8H,9,16H2,1H3. The first kappa shape index (κ1) is 13.1. The molecule has 0 amide bonds. The van der Waals surface area contributed by atoms with Crippen LogP contribution in [0, 0.1) is 0 Å². The van der Waals surface area contributed by atoms with Gasteiger partial charge in [0.25, 0.3) is 0 Å². The summed E-state index contributed by atoms with van der Waals surface area (Å²) in [6.45, 7) is 0. The Morgan fingerprint density at radius 3 is 2.50 bits per heavy atom. The summed E-state index contributed by atoms with van der Waals surface area (Å²) in [6.07, 6.45) is 0. The zero-order valence-corrected chi connectivity index (χ0v) is 11.6. The highest BCUT2D eigenvalue weighted by molar-refractivity contribution is 7.98. The quantitative estimate of drug-likeness (QED) is 0.672. The summed E-state index contributed by atoms with van der Waals surface area (Å²) in [6, 6.07) is 13.6. The van der Waals surface area contributed by atoms with Crippen molar-refractivity contribution in [2.75, 3.05) is 12.8 Å². The largest absolute Gasteiger partial charge is 0.497 e. The van der Waals surface area contributed by atoms with Crippen LogP contribution >= 0.6 is 23.4 Å². The Labute approximate surface area is 116 Å². The number of thioether (sulfide) groups is 1. The highest BCUT2D eigenvalue weighted by atomic mass is 35.5. The van der Waals surface area contributed by atoms with Gasteiger partial charge >= 0.3 is 0 Å². The van der Waals surface area contributed by atoms with Crippen molar-refractivity contribution in [3.63, 3.8) is 0 Å². The molecule has 2 rings (SSSR count). The first-order chi connectivity index (χ1) is 8.69. The van der Waals surface area contributed by atoms with Crippen LogP contribution in [0.3, 0.4) is 0 Å². The van der Waals surface area contributed by atoms with Gasteiger partial charge in [-0.2, -0.15) is 0 Å². The number of anilines is 1. The molecule has 0 unspecified atom stereocenters. The topological polar surface area (TPSA) is 35.2 Å². The summed E-state index contributed by atoms with van der Waals surface area (Å²) in [7, 11) is 1.66. The van der Waals surface area contributed by atoms with Gasteiger partial charge in [-0.1, -0.05) is 23.7 Å². The minimum absolute atomic E-state index is 0.689. The van der Waals surface area contributed by atoms with Crippen LogP contribution in [0.25, 0.3) is 0 Å². The van der Waals surface area contributed by atoms with Crippen LogP contribution in [0.5, 0.6) is 5.75 Å². The fraction of sp³-hybridized carbons (Fsp3) is 0.143. The normalized spacial score (nSPS) is 10.3. The Hall–Kier alpha value is -1.32. The molecule has 2 N–H and O–H groups in total. The van der Waals surface area contributed by atoms with E-state index in [2.05, 4.69) is 12.1 Å². The number of halogens is 1. The summed E-state index contributed by atoms with van der Waals surface area (Å²) in [4.78, 5) is 1.04. The second-order valence-corrected chi connectivity index (χ2v) is 5.25. The van der Waals surface area contributed by atoms with Crippen molar-refractivity contribution in [3.8, 4) is 5.75 Å². The number of methoxy groups -OCH3 is 1. The van der Waals surface area contributed by atoms with E-state index in [1.54, 1.807) is 24.9 Å². The van der Waals surface area contributed by atoms with Crippen LogP contribution in [0.4, 0.5) is 5.69 Å². The van der Waals surface area contributed by atoms with Gasteiger partial charge in [0.2, 0.25) is 0 Å². The Kier molecular flexibility index (Phi) is 4.39. The molecule has 0 radical (unpaired) electrons. The van der Waals surface area contributed by atoms with E-state index in [-0.39, 0.29) is 0 Å². The molecule has 0 aromatic heterocycles. The van der Waals surface area contributed by atoms with Gasteiger partial charge in [0.05, 0.1) is 12.1 Å². The van der Waals surface area contributed by atoms with E-state index in [1.807, 2.05) is 24.3 Å². The maximum Gasteiger partial charge on any atom is 0.118 e. The highest BCUT2D eigenvalue weighted by Crippen LogP contribution is 2.31. The molecule has 2 aromatic carbocycles. The molecular weight excluding hydrogens is 266 g/mol. The lowest BCUT2D eigenvalue weighted by molar-refractivity contribution is 0.414. The molecule has 0 fully saturated rings. The Morgan fingerprint density at radius 2 is 1.89 bits per heavy atom. The van der Waals surface area contributed by atoms with Crippen molar-refractivity contribution in [2.24, 2.45) is 0 Å². The molecule has 94 valence electrons. The molecule has 0 aliphatic heterocycles. The molecule has 2 aromatic rings. The minimum Gasteiger partial charge on any atom is -0.497 e. The van der Waals surface area contributed by atoms with E-state index in [0.29, 0.717) is 10.7 Å². The Morgan fingerprint density at radius 1 is 1.17 bits per heavy atom. The van der Waals surface area contributed by atoms with Gasteiger partial charge in [-0.05, 0) is 35.9 Å². The van der Waals surface area contributed by atoms with E-state index in [9.17, 15) is 0 Å². The zero-order valence-electron chi connectivity index (χ0n) is 10.0. The van der Waals surface area contributed by atoms with Crippen LogP contribution < -0.4 is 10.5 Å². The molecule has 2 nitrogen and oxygen atoms in total. The van der Waals surface area contributed by atoms with Crippen LogP contribution in [0.2, 0.25) is 5.02 Å². The van der Waals surface area contributed by atoms with Crippen molar-refractivity contribution in [1.82, 2.24) is 0 Å². The lowest BCUT2D eigenvalue weighted by atomic mass is 10.2. The number of hydrogen-bond acceptors (Lipinski definition) is 3. The first-order valence-corrected chi connectivity index (χ1v) is 6.86. The SMILES string of the molecule is COc1ccc(CSc2ccc(N)cc2Cl)cc1. The van der Waals surface area contributed by atoms with Crippen LogP contribution in [-0.2, 0) is 5.75 Å². The van der Waals surface area contributed by atoms with Crippen LogP contribution in [0.1, 0.15) is 5.56 Å². The Balaban J connectivity index is 2.02. The summed E-state index contributed by atoms with van der Waals surface area (Å²) >= 11 is 7.82. The van der Waals surface area contributed by atoms with Crippen molar-refractivity contribution < 1.29 is 4.74 Å². The molecule has 0 aliphatic rings. The van der Waals surface area contributed by atoms with Gasteiger partial charge < -0.3 is 10.5 Å². The second-order valence-electron chi connectivity index (χ2n) is 3.83. The summed E-state index contributed by atoms with van der Waals surface area (Å²) in [5.74, 6) is 1.74. The van der Waals surface area contributed by atoms with Crippen LogP contribution in [-0.4, -0.2) is 7.11 Å². The zero-order chi connectivity index (χ0) is 13.0. The van der Waals surface area contributed by atoms with Gasteiger partial charge in [0, 0.05) is 16.3 Å². The minimum atomic E-state index is 0.689. The summed E-state index contributed by atoms with van der Waals surface area (Å²) < 4.78 is 5.12. The number of rotatable bonds is 4. The van der Waals surface area contributed by atoms with Gasteiger partial charge in [-0.25, -0.2) is 0 Å². The number of benzene rings is 2. The number of hydrogen-bond donors (Lipinski definition) is 1. The van der Waals surface area contributed by atoms with E-state index in [4.69, 9.17) is 22.1 Å². The molecule has 0 heterocycles. The van der Waals surface area contributed by atoms with E-state index in [1.165, 1.54) is 5.56 Å². The molecular formula is C14H14ClNOS. The van der Waals surface area contributed by atoms with E-state index >= 15 is 0 Å². The smallest absolute Gasteiger partial charge is 0.118 e. The summed E-state index contributed by atoms with van der Waals surface area (Å²) in [5.41, 5.74) is 7.58. The maximum absolute atomic E-state index is 6.12. The average molecular weight is 280 g/mol. The molecule has 0 saturated heterocycles. The third-order valence-electron chi connectivity index (χ3n) is 2.51. The maximum atomic E-state index is 6.12. The predicted octanol–water partition coefficient (Wildman–Crippen LogP) is 4.22. The fourth-order valence-electron chi connectivity index (χ4n) is 1.52. The molecule has 0 atom stereocenters. The predicted molar refractivity (Wildman–Crippen MR) is 78.4 cm³/mol. The van der Waals surface area contributed by atoms with Crippen molar-refractivity contribution in [1.29, 1.82) is 0 Å². The molecule has 4 heteroatoms. The summed E-state index contributed by atoms with van der Waals surface area (Å²) in [5, 5.41) is 0.702. The average Bonchev–Trinajstić information content (AvgIpc) is 2.38. The number of nitrogen functional groups attached to an aromatic ring is 1. The van der Waals surface area contributed by atoms with Crippen molar-refractivity contribution in [3.05, 3.63) is 53.1 Å². The molecule has 18 heavy (non-hydrogen) atoms. The van der Waals surface area contributed by atoms with Gasteiger partial charge in [0.15, 0.2) is 0 Å². The Bertz CT molecular complexity index is 528. The van der Waals surface area contributed by atoms with Gasteiger partial charge in [-0.15, -0.1) is 11.8 Å². The fourth-order valence-corrected chi connectivity index (χ4v) is 2.75. The van der Waals surface area contributed by atoms with E-state index in [0.717, 1.165) is 16.4 Å². The lowest BCUT2D eigenvalue weighted by Gasteiger charge is -2.06. The molecule has 0 bridgehead atoms. The number of nitrogens with two attached hydrogens (primary N) is 1. The third kappa shape index (κ3) is 3.34. The second kappa shape index (κ2) is 6.03. The third-order valence-corrected chi connectivity index (χ3v) is 4.08. The lowest BCUT2D eigenvalue weighted by Crippen LogP contribution is -1.86. The number of ether oxygens (including phenoxy) is 1. The molecule has 0 spiro atoms. The first-order valence-electron chi connectivity index (χ1n) is 5.50. The molecule has 0 aliphatic carbocycles. The van der Waals surface area contributed by atoms with Gasteiger partial charge in [0.1, 0.15) is 5.75 Å². The van der Waals surface area contributed by atoms with Gasteiger partial charge in [-0.3, -0.25) is 0 Å². The van der Waals surface area contributed by atoms with Crippen LogP contribution in [0.15, 0.2) is 47.4 Å². The van der Waals surface area contributed by atoms with E-state index < -0.39 is 0 Å². The van der Waals surface area contributed by atoms with Crippen molar-refractivity contribution in [2.45, 2.75) is 10.6 Å². The molecule has 0 saturated carbocycles. The highest BCUT2D eigenvalue weighted by Gasteiger charge is 2.02.